The summed E-state index contributed by atoms with van der Waals surface area (Å²) in [5.41, 5.74) is 6.76. The van der Waals surface area contributed by atoms with Crippen molar-refractivity contribution in [1.82, 2.24) is 4.90 Å². The van der Waals surface area contributed by atoms with E-state index in [4.69, 9.17) is 5.73 Å². The molecule has 0 aliphatic carbocycles. The van der Waals surface area contributed by atoms with Gasteiger partial charge >= 0.3 is 0 Å². The summed E-state index contributed by atoms with van der Waals surface area (Å²) in [5, 5.41) is 4.61. The zero-order chi connectivity index (χ0) is 14.0. The topological polar surface area (TPSA) is 58.4 Å². The van der Waals surface area contributed by atoms with Crippen LogP contribution >= 0.6 is 23.1 Å². The first-order chi connectivity index (χ1) is 9.06. The smallest absolute Gasteiger partial charge is 0.174 e. The Morgan fingerprint density at radius 3 is 2.89 bits per heavy atom. The van der Waals surface area contributed by atoms with E-state index in [-0.39, 0.29) is 5.78 Å². The van der Waals surface area contributed by atoms with Crippen LogP contribution in [-0.4, -0.2) is 43.1 Å². The van der Waals surface area contributed by atoms with Gasteiger partial charge in [0.2, 0.25) is 0 Å². The zero-order valence-corrected chi connectivity index (χ0v) is 13.3. The molecule has 1 aliphatic rings. The van der Waals surface area contributed by atoms with E-state index < -0.39 is 0 Å². The highest BCUT2D eigenvalue weighted by Crippen LogP contribution is 2.42. The number of likely N-dealkylation sites (tertiary alicyclic amines) is 1. The number of nitrogens with zero attached hydrogens (tertiary/aromatic N) is 1. The average molecular weight is 299 g/mol. The summed E-state index contributed by atoms with van der Waals surface area (Å²) in [6, 6.07) is 0.457. The number of nitrogens with two attached hydrogens (primary N) is 1. The van der Waals surface area contributed by atoms with Crippen molar-refractivity contribution >= 4 is 39.6 Å². The molecule has 4 nitrogen and oxygen atoms in total. The predicted octanol–water partition coefficient (Wildman–Crippen LogP) is 2.76. The molecule has 1 fully saturated rings. The Morgan fingerprint density at radius 1 is 1.63 bits per heavy atom. The molecule has 0 saturated carbocycles. The van der Waals surface area contributed by atoms with Gasteiger partial charge in [0.05, 0.1) is 15.5 Å². The van der Waals surface area contributed by atoms with Crippen LogP contribution in [0.4, 0.5) is 10.7 Å². The number of hydrogen-bond donors (Lipinski definition) is 2. The van der Waals surface area contributed by atoms with Gasteiger partial charge in [-0.05, 0) is 26.3 Å². The summed E-state index contributed by atoms with van der Waals surface area (Å²) < 4.78 is 0. The Morgan fingerprint density at radius 2 is 2.37 bits per heavy atom. The van der Waals surface area contributed by atoms with Crippen molar-refractivity contribution in [3.05, 3.63) is 4.88 Å². The second-order valence-corrected chi connectivity index (χ2v) is 6.71. The minimum atomic E-state index is 0.134. The van der Waals surface area contributed by atoms with Crippen molar-refractivity contribution in [1.29, 1.82) is 0 Å². The van der Waals surface area contributed by atoms with E-state index in [9.17, 15) is 4.79 Å². The molecule has 3 N–H and O–H groups in total. The molecule has 1 aromatic heterocycles. The number of nitrogen functional groups attached to an aromatic ring is 1. The Labute approximate surface area is 122 Å². The second-order valence-electron chi connectivity index (χ2n) is 4.88. The summed E-state index contributed by atoms with van der Waals surface area (Å²) in [6.07, 6.45) is 3.65. The van der Waals surface area contributed by atoms with Crippen LogP contribution in [0.1, 0.15) is 29.4 Å². The molecule has 6 heteroatoms. The Kier molecular flexibility index (Phi) is 4.76. The lowest BCUT2D eigenvalue weighted by molar-refractivity contribution is 0.0992. The van der Waals surface area contributed by atoms with Gasteiger partial charge in [0.1, 0.15) is 5.00 Å². The lowest BCUT2D eigenvalue weighted by Crippen LogP contribution is -2.23. The molecule has 106 valence electrons. The number of ketones is 1. The van der Waals surface area contributed by atoms with E-state index in [1.54, 1.807) is 11.8 Å². The summed E-state index contributed by atoms with van der Waals surface area (Å²) in [5.74, 6) is 0.134. The third kappa shape index (κ3) is 3.07. The van der Waals surface area contributed by atoms with Crippen molar-refractivity contribution in [2.75, 3.05) is 37.4 Å². The number of Topliss-reactive ketones (excluding diaryl/α,β-unsaturated/α-hetero) is 1. The van der Waals surface area contributed by atoms with Crippen LogP contribution < -0.4 is 11.1 Å². The van der Waals surface area contributed by atoms with E-state index >= 15 is 0 Å². The fourth-order valence-electron chi connectivity index (χ4n) is 2.33. The maximum Gasteiger partial charge on any atom is 0.174 e. The fourth-order valence-corrected chi connectivity index (χ4v) is 4.44. The third-order valence-corrected chi connectivity index (χ3v) is 5.54. The van der Waals surface area contributed by atoms with Crippen molar-refractivity contribution in [2.45, 2.75) is 30.7 Å². The number of carbonyl (C=O) groups is 1. The summed E-state index contributed by atoms with van der Waals surface area (Å²) in [4.78, 5) is 15.9. The molecule has 0 aromatic carbocycles. The Hall–Kier alpha value is -0.720. The number of rotatable bonds is 5. The van der Waals surface area contributed by atoms with Gasteiger partial charge in [-0.25, -0.2) is 0 Å². The average Bonchev–Trinajstić information content (AvgIpc) is 2.93. The molecule has 19 heavy (non-hydrogen) atoms. The molecular formula is C13H21N3OS2. The maximum absolute atomic E-state index is 11.9. The molecule has 1 atom stereocenters. The monoisotopic (exact) mass is 299 g/mol. The minimum Gasteiger partial charge on any atom is -0.396 e. The highest BCUT2D eigenvalue weighted by Gasteiger charge is 2.24. The van der Waals surface area contributed by atoms with Crippen molar-refractivity contribution in [3.63, 3.8) is 0 Å². The van der Waals surface area contributed by atoms with Crippen LogP contribution in [0.3, 0.4) is 0 Å². The second kappa shape index (κ2) is 6.15. The lowest BCUT2D eigenvalue weighted by Gasteiger charge is -2.13. The quantitative estimate of drug-likeness (QED) is 0.647. The van der Waals surface area contributed by atoms with Crippen LogP contribution in [0, 0.1) is 0 Å². The molecule has 2 rings (SSSR count). The van der Waals surface area contributed by atoms with E-state index in [2.05, 4.69) is 17.3 Å². The number of hydrogen-bond acceptors (Lipinski definition) is 6. The first-order valence-electron chi connectivity index (χ1n) is 6.51. The zero-order valence-electron chi connectivity index (χ0n) is 11.7. The normalized spacial score (nSPS) is 19.8. The molecule has 0 amide bonds. The standard InChI is InChI=1S/C13H21N3OS2/c1-4-9(17)11-10(14)12(18-3)13(19-11)15-8-5-6-16(2)7-8/h8,15H,4-7,14H2,1-3H3. The van der Waals surface area contributed by atoms with Crippen LogP contribution in [0.25, 0.3) is 0 Å². The van der Waals surface area contributed by atoms with Gasteiger partial charge in [0.15, 0.2) is 5.78 Å². The molecule has 2 heterocycles. The van der Waals surface area contributed by atoms with Crippen LogP contribution in [-0.2, 0) is 0 Å². The maximum atomic E-state index is 11.9. The third-order valence-electron chi connectivity index (χ3n) is 3.40. The van der Waals surface area contributed by atoms with Crippen molar-refractivity contribution in [2.24, 2.45) is 0 Å². The van der Waals surface area contributed by atoms with Gasteiger partial charge < -0.3 is 16.0 Å². The molecule has 1 saturated heterocycles. The largest absolute Gasteiger partial charge is 0.396 e. The summed E-state index contributed by atoms with van der Waals surface area (Å²) in [7, 11) is 2.13. The Bertz CT molecular complexity index is 473. The molecular weight excluding hydrogens is 278 g/mol. The fraction of sp³-hybridized carbons (Fsp3) is 0.615. The number of anilines is 2. The first-order valence-corrected chi connectivity index (χ1v) is 8.55. The molecule has 0 radical (unpaired) electrons. The van der Waals surface area contributed by atoms with E-state index in [1.807, 2.05) is 13.2 Å². The number of nitrogens with one attached hydrogen (secondary N) is 1. The predicted molar refractivity (Wildman–Crippen MR) is 84.7 cm³/mol. The van der Waals surface area contributed by atoms with Gasteiger partial charge in [0, 0.05) is 19.0 Å². The molecule has 1 unspecified atom stereocenters. The van der Waals surface area contributed by atoms with Gasteiger partial charge in [-0.2, -0.15) is 0 Å². The highest BCUT2D eigenvalue weighted by molar-refractivity contribution is 7.99. The van der Waals surface area contributed by atoms with Crippen LogP contribution in [0.5, 0.6) is 0 Å². The SMILES string of the molecule is CCC(=O)c1sc(NC2CCN(C)C2)c(SC)c1N. The number of carbonyl (C=O) groups excluding carboxylic acids is 1. The van der Waals surface area contributed by atoms with Crippen molar-refractivity contribution < 1.29 is 4.79 Å². The van der Waals surface area contributed by atoms with Gasteiger partial charge in [-0.1, -0.05) is 6.92 Å². The van der Waals surface area contributed by atoms with Crippen LogP contribution in [0.15, 0.2) is 4.90 Å². The number of thiophene rings is 1. The molecule has 1 aromatic rings. The summed E-state index contributed by atoms with van der Waals surface area (Å²) in [6.45, 7) is 4.04. The first kappa shape index (κ1) is 14.7. The van der Waals surface area contributed by atoms with Gasteiger partial charge in [-0.3, -0.25) is 4.79 Å². The van der Waals surface area contributed by atoms with Gasteiger partial charge in [0.25, 0.3) is 0 Å². The molecule has 1 aliphatic heterocycles. The lowest BCUT2D eigenvalue weighted by atomic mass is 10.2. The van der Waals surface area contributed by atoms with E-state index in [1.165, 1.54) is 11.3 Å². The highest BCUT2D eigenvalue weighted by atomic mass is 32.2. The van der Waals surface area contributed by atoms with Crippen LogP contribution in [0.2, 0.25) is 0 Å². The number of likely N-dealkylation sites (N-methyl/N-ethyl adjacent to an activating group) is 1. The Balaban J connectivity index is 2.22. The number of thioether (sulfide) groups is 1. The van der Waals surface area contributed by atoms with E-state index in [0.717, 1.165) is 29.4 Å². The molecule has 0 spiro atoms. The van der Waals surface area contributed by atoms with Gasteiger partial charge in [-0.15, -0.1) is 23.1 Å². The summed E-state index contributed by atoms with van der Waals surface area (Å²) >= 11 is 3.12. The minimum absolute atomic E-state index is 0.134. The van der Waals surface area contributed by atoms with E-state index in [0.29, 0.717) is 23.0 Å². The molecule has 0 bridgehead atoms. The van der Waals surface area contributed by atoms with Crippen molar-refractivity contribution in [3.8, 4) is 0 Å².